The summed E-state index contributed by atoms with van der Waals surface area (Å²) >= 11 is 11.4. The Bertz CT molecular complexity index is 381. The van der Waals surface area contributed by atoms with Gasteiger partial charge in [0, 0.05) is 44.8 Å². The quantitative estimate of drug-likeness (QED) is 0.790. The molecule has 0 saturated carbocycles. The minimum Gasteiger partial charge on any atom is -0.352 e. The number of rotatable bonds is 3. The second kappa shape index (κ2) is 5.85. The van der Waals surface area contributed by atoms with E-state index < -0.39 is 0 Å². The van der Waals surface area contributed by atoms with Crippen molar-refractivity contribution in [1.29, 1.82) is 0 Å². The first-order chi connectivity index (χ1) is 8.20. The Labute approximate surface area is 110 Å². The van der Waals surface area contributed by atoms with E-state index in [2.05, 4.69) is 9.88 Å². The fraction of sp³-hybridized carbons (Fsp3) is 0.545. The minimum absolute atomic E-state index is 0.326. The van der Waals surface area contributed by atoms with Gasteiger partial charge in [0.1, 0.15) is 0 Å². The Hall–Kier alpha value is -0.580. The molecule has 1 aliphatic heterocycles. The van der Waals surface area contributed by atoms with Gasteiger partial charge in [0.25, 0.3) is 0 Å². The first-order valence-electron chi connectivity index (χ1n) is 5.55. The van der Waals surface area contributed by atoms with E-state index in [0.29, 0.717) is 16.7 Å². The minimum atomic E-state index is -0.358. The van der Waals surface area contributed by atoms with Gasteiger partial charge < -0.3 is 4.90 Å². The monoisotopic (exact) mass is 277 g/mol. The number of pyridine rings is 1. The van der Waals surface area contributed by atoms with E-state index in [0.717, 1.165) is 32.7 Å². The van der Waals surface area contributed by atoms with Crippen LogP contribution in [0.2, 0.25) is 5.02 Å². The fourth-order valence-electron chi connectivity index (χ4n) is 1.94. The van der Waals surface area contributed by atoms with Crippen LogP contribution < -0.4 is 4.90 Å². The number of alkyl halides is 1. The van der Waals surface area contributed by atoms with E-state index in [-0.39, 0.29) is 5.82 Å². The van der Waals surface area contributed by atoms with Gasteiger partial charge >= 0.3 is 0 Å². The molecule has 1 aromatic rings. The zero-order valence-electron chi connectivity index (χ0n) is 9.37. The molecule has 0 N–H and O–H groups in total. The summed E-state index contributed by atoms with van der Waals surface area (Å²) in [6.45, 7) is 4.18. The molecule has 17 heavy (non-hydrogen) atoms. The molecule has 0 spiro atoms. The second-order valence-electron chi connectivity index (χ2n) is 3.98. The van der Waals surface area contributed by atoms with Crippen molar-refractivity contribution in [2.45, 2.75) is 0 Å². The number of nitrogens with zero attached hydrogens (tertiary/aromatic N) is 3. The van der Waals surface area contributed by atoms with Crippen LogP contribution in [0.1, 0.15) is 0 Å². The molecule has 1 aliphatic rings. The highest BCUT2D eigenvalue weighted by molar-refractivity contribution is 6.30. The molecular weight excluding hydrogens is 264 g/mol. The third-order valence-corrected chi connectivity index (χ3v) is 3.24. The maximum Gasteiger partial charge on any atom is 0.167 e. The average Bonchev–Trinajstić information content (AvgIpc) is 2.31. The summed E-state index contributed by atoms with van der Waals surface area (Å²) in [5, 5.41) is 0.326. The number of anilines is 1. The van der Waals surface area contributed by atoms with Gasteiger partial charge in [-0.3, -0.25) is 4.90 Å². The van der Waals surface area contributed by atoms with Crippen LogP contribution in [0.4, 0.5) is 10.2 Å². The summed E-state index contributed by atoms with van der Waals surface area (Å²) in [5.74, 6) is 0.663. The maximum absolute atomic E-state index is 13.7. The van der Waals surface area contributed by atoms with Gasteiger partial charge in [0.15, 0.2) is 11.6 Å². The van der Waals surface area contributed by atoms with Crippen molar-refractivity contribution in [1.82, 2.24) is 9.88 Å². The molecule has 0 unspecified atom stereocenters. The molecule has 3 nitrogen and oxygen atoms in total. The third-order valence-electron chi connectivity index (χ3n) is 2.86. The molecule has 0 atom stereocenters. The molecule has 1 saturated heterocycles. The number of hydrogen-bond donors (Lipinski definition) is 0. The maximum atomic E-state index is 13.7. The topological polar surface area (TPSA) is 19.4 Å². The van der Waals surface area contributed by atoms with Crippen molar-refractivity contribution in [3.63, 3.8) is 0 Å². The SMILES string of the molecule is Fc1cc(Cl)cnc1N1CCN(CCCl)CC1. The summed E-state index contributed by atoms with van der Waals surface area (Å²) in [6.07, 6.45) is 1.48. The molecule has 0 bridgehead atoms. The normalized spacial score (nSPS) is 17.5. The van der Waals surface area contributed by atoms with Crippen molar-refractivity contribution in [3.05, 3.63) is 23.1 Å². The Morgan fingerprint density at radius 1 is 1.29 bits per heavy atom. The van der Waals surface area contributed by atoms with Crippen LogP contribution in [0.3, 0.4) is 0 Å². The highest BCUT2D eigenvalue weighted by Crippen LogP contribution is 2.20. The lowest BCUT2D eigenvalue weighted by Gasteiger charge is -2.35. The zero-order valence-corrected chi connectivity index (χ0v) is 10.9. The smallest absolute Gasteiger partial charge is 0.167 e. The van der Waals surface area contributed by atoms with Gasteiger partial charge in [-0.25, -0.2) is 9.37 Å². The molecule has 1 fully saturated rings. The van der Waals surface area contributed by atoms with E-state index in [1.54, 1.807) is 0 Å². The largest absolute Gasteiger partial charge is 0.352 e. The van der Waals surface area contributed by atoms with Gasteiger partial charge in [-0.2, -0.15) is 0 Å². The van der Waals surface area contributed by atoms with Gasteiger partial charge in [-0.1, -0.05) is 11.6 Å². The van der Waals surface area contributed by atoms with Crippen LogP contribution in [0.5, 0.6) is 0 Å². The van der Waals surface area contributed by atoms with Crippen molar-refractivity contribution in [2.75, 3.05) is 43.5 Å². The lowest BCUT2D eigenvalue weighted by atomic mass is 10.3. The van der Waals surface area contributed by atoms with Crippen LogP contribution in [-0.2, 0) is 0 Å². The van der Waals surface area contributed by atoms with Crippen molar-refractivity contribution in [3.8, 4) is 0 Å². The van der Waals surface area contributed by atoms with Crippen LogP contribution >= 0.6 is 23.2 Å². The molecule has 6 heteroatoms. The molecule has 1 aromatic heterocycles. The van der Waals surface area contributed by atoms with Crippen molar-refractivity contribution >= 4 is 29.0 Å². The fourth-order valence-corrected chi connectivity index (χ4v) is 2.33. The first kappa shape index (κ1) is 12.9. The average molecular weight is 278 g/mol. The Kier molecular flexibility index (Phi) is 4.42. The van der Waals surface area contributed by atoms with Gasteiger partial charge in [-0.15, -0.1) is 11.6 Å². The summed E-state index contributed by atoms with van der Waals surface area (Å²) < 4.78 is 13.7. The zero-order chi connectivity index (χ0) is 12.3. The van der Waals surface area contributed by atoms with Gasteiger partial charge in [0.2, 0.25) is 0 Å². The van der Waals surface area contributed by atoms with Crippen LogP contribution in [-0.4, -0.2) is 48.5 Å². The highest BCUT2D eigenvalue weighted by atomic mass is 35.5. The summed E-state index contributed by atoms with van der Waals surface area (Å²) in [7, 11) is 0. The number of halogens is 3. The predicted molar refractivity (Wildman–Crippen MR) is 68.6 cm³/mol. The third kappa shape index (κ3) is 3.21. The Balaban J connectivity index is 2.00. The predicted octanol–water partition coefficient (Wildman–Crippen LogP) is 2.23. The van der Waals surface area contributed by atoms with E-state index in [1.807, 2.05) is 4.90 Å². The standard InChI is InChI=1S/C11H14Cl2FN3/c12-1-2-16-3-5-17(6-4-16)11-10(14)7-9(13)8-15-11/h7-8H,1-6H2. The van der Waals surface area contributed by atoms with E-state index in [1.165, 1.54) is 12.3 Å². The van der Waals surface area contributed by atoms with Crippen LogP contribution in [0.25, 0.3) is 0 Å². The van der Waals surface area contributed by atoms with Gasteiger partial charge in [-0.05, 0) is 6.07 Å². The lowest BCUT2D eigenvalue weighted by Crippen LogP contribution is -2.47. The van der Waals surface area contributed by atoms with E-state index in [9.17, 15) is 4.39 Å². The van der Waals surface area contributed by atoms with Crippen molar-refractivity contribution in [2.24, 2.45) is 0 Å². The molecular formula is C11H14Cl2FN3. The number of hydrogen-bond acceptors (Lipinski definition) is 3. The molecule has 0 amide bonds. The summed E-state index contributed by atoms with van der Waals surface area (Å²) in [5.41, 5.74) is 0. The molecule has 0 aromatic carbocycles. The van der Waals surface area contributed by atoms with E-state index in [4.69, 9.17) is 23.2 Å². The first-order valence-corrected chi connectivity index (χ1v) is 6.46. The van der Waals surface area contributed by atoms with Crippen LogP contribution in [0, 0.1) is 5.82 Å². The highest BCUT2D eigenvalue weighted by Gasteiger charge is 2.20. The molecule has 0 aliphatic carbocycles. The second-order valence-corrected chi connectivity index (χ2v) is 4.79. The molecule has 0 radical (unpaired) electrons. The van der Waals surface area contributed by atoms with Gasteiger partial charge in [0.05, 0.1) is 5.02 Å². The number of aromatic nitrogens is 1. The number of piperazine rings is 1. The van der Waals surface area contributed by atoms with Crippen LogP contribution in [0.15, 0.2) is 12.3 Å². The lowest BCUT2D eigenvalue weighted by molar-refractivity contribution is 0.271. The van der Waals surface area contributed by atoms with Crippen molar-refractivity contribution < 1.29 is 4.39 Å². The Morgan fingerprint density at radius 2 is 2.00 bits per heavy atom. The summed E-state index contributed by atoms with van der Waals surface area (Å²) in [4.78, 5) is 8.25. The Morgan fingerprint density at radius 3 is 2.59 bits per heavy atom. The summed E-state index contributed by atoms with van der Waals surface area (Å²) in [6, 6.07) is 1.30. The molecule has 94 valence electrons. The van der Waals surface area contributed by atoms with E-state index >= 15 is 0 Å². The molecule has 2 heterocycles. The molecule has 2 rings (SSSR count).